The lowest BCUT2D eigenvalue weighted by Gasteiger charge is -2.21. The molecule has 3 amide bonds. The molecule has 0 radical (unpaired) electrons. The van der Waals surface area contributed by atoms with Crippen LogP contribution >= 0.6 is 0 Å². The molecule has 0 saturated carbocycles. The molecule has 1 aromatic heterocycles. The number of carbonyl (C=O) groups is 4. The van der Waals surface area contributed by atoms with Gasteiger partial charge in [0.05, 0.1) is 36.4 Å². The topological polar surface area (TPSA) is 176 Å². The van der Waals surface area contributed by atoms with Crippen LogP contribution in [0.5, 0.6) is 0 Å². The minimum atomic E-state index is -3.98. The van der Waals surface area contributed by atoms with Crippen LogP contribution in [0.4, 0.5) is 5.69 Å². The highest BCUT2D eigenvalue weighted by Gasteiger charge is 2.26. The van der Waals surface area contributed by atoms with Crippen LogP contribution in [0.1, 0.15) is 39.9 Å². The Hall–Kier alpha value is -5.60. The van der Waals surface area contributed by atoms with E-state index in [0.29, 0.717) is 23.4 Å². The molecule has 3 N–H and O–H groups in total. The number of sulfonamides is 1. The van der Waals surface area contributed by atoms with Gasteiger partial charge in [-0.15, -0.1) is 0 Å². The summed E-state index contributed by atoms with van der Waals surface area (Å²) in [6, 6.07) is 24.7. The van der Waals surface area contributed by atoms with Gasteiger partial charge in [-0.25, -0.2) is 18.6 Å². The number of hydrazone groups is 1. The summed E-state index contributed by atoms with van der Waals surface area (Å²) in [6.45, 7) is 3.28. The number of furan rings is 1. The van der Waals surface area contributed by atoms with Crippen molar-refractivity contribution in [1.82, 2.24) is 15.0 Å². The molecule has 4 rings (SSSR count). The van der Waals surface area contributed by atoms with Crippen molar-refractivity contribution in [1.29, 1.82) is 0 Å². The third kappa shape index (κ3) is 10.2. The smallest absolute Gasteiger partial charge is 0.338 e. The largest absolute Gasteiger partial charge is 0.462 e. The zero-order valence-electron chi connectivity index (χ0n) is 26.3. The first kappa shape index (κ1) is 35.3. The lowest BCUT2D eigenvalue weighted by Crippen LogP contribution is -2.40. The highest BCUT2D eigenvalue weighted by Crippen LogP contribution is 2.17. The van der Waals surface area contributed by atoms with Gasteiger partial charge in [0.1, 0.15) is 11.5 Å². The lowest BCUT2D eigenvalue weighted by molar-refractivity contribution is -0.136. The molecular weight excluding hydrogens is 638 g/mol. The summed E-state index contributed by atoms with van der Waals surface area (Å²) in [5.41, 5.74) is 4.77. The van der Waals surface area contributed by atoms with Gasteiger partial charge in [-0.3, -0.25) is 14.4 Å². The molecule has 3 aromatic carbocycles. The van der Waals surface area contributed by atoms with Crippen LogP contribution in [0.15, 0.2) is 105 Å². The molecule has 0 fully saturated rings. The van der Waals surface area contributed by atoms with Crippen molar-refractivity contribution in [2.45, 2.75) is 31.7 Å². The van der Waals surface area contributed by atoms with E-state index in [1.807, 2.05) is 37.3 Å². The Morgan fingerprint density at radius 2 is 1.60 bits per heavy atom. The van der Waals surface area contributed by atoms with Crippen LogP contribution in [-0.2, 0) is 42.1 Å². The number of nitrogens with zero attached hydrogens (tertiary/aromatic N) is 2. The number of nitrogens with one attached hydrogen (secondary N) is 3. The molecule has 48 heavy (non-hydrogen) atoms. The van der Waals surface area contributed by atoms with Gasteiger partial charge in [0, 0.05) is 12.2 Å². The Kier molecular flexibility index (Phi) is 12.3. The number of hydrogen-bond acceptors (Lipinski definition) is 9. The van der Waals surface area contributed by atoms with Crippen molar-refractivity contribution in [3.05, 3.63) is 119 Å². The van der Waals surface area contributed by atoms with Crippen molar-refractivity contribution in [3.8, 4) is 0 Å². The highest BCUT2D eigenvalue weighted by molar-refractivity contribution is 7.89. The predicted octanol–water partition coefficient (Wildman–Crippen LogP) is 3.40. The monoisotopic (exact) mass is 673 g/mol. The van der Waals surface area contributed by atoms with E-state index in [4.69, 9.17) is 9.15 Å². The first-order valence-corrected chi connectivity index (χ1v) is 16.4. The maximum absolute atomic E-state index is 13.4. The van der Waals surface area contributed by atoms with E-state index in [2.05, 4.69) is 21.2 Å². The molecule has 0 aliphatic heterocycles. The zero-order valence-corrected chi connectivity index (χ0v) is 27.2. The number of anilines is 1. The predicted molar refractivity (Wildman–Crippen MR) is 177 cm³/mol. The van der Waals surface area contributed by atoms with E-state index in [1.54, 1.807) is 25.1 Å². The van der Waals surface area contributed by atoms with E-state index < -0.39 is 40.3 Å². The number of benzene rings is 3. The fourth-order valence-electron chi connectivity index (χ4n) is 4.30. The second kappa shape index (κ2) is 16.8. The van der Waals surface area contributed by atoms with Crippen LogP contribution < -0.4 is 16.1 Å². The lowest BCUT2D eigenvalue weighted by atomic mass is 10.1. The molecule has 0 aliphatic carbocycles. The Labute approximate surface area is 278 Å². The third-order valence-electron chi connectivity index (χ3n) is 6.82. The number of hydrogen-bond donors (Lipinski definition) is 3. The molecule has 0 aliphatic rings. The first-order valence-electron chi connectivity index (χ1n) is 14.9. The number of carbonyl (C=O) groups excluding carboxylic acids is 4. The van der Waals surface area contributed by atoms with Crippen LogP contribution in [0.3, 0.4) is 0 Å². The molecule has 0 bridgehead atoms. The summed E-state index contributed by atoms with van der Waals surface area (Å²) >= 11 is 0. The number of amides is 3. The Morgan fingerprint density at radius 1 is 0.896 bits per heavy atom. The molecule has 0 atom stereocenters. The summed E-state index contributed by atoms with van der Waals surface area (Å²) in [5, 5.41) is 8.74. The first-order chi connectivity index (χ1) is 23.0. The van der Waals surface area contributed by atoms with Gasteiger partial charge in [0.2, 0.25) is 10.0 Å². The maximum Gasteiger partial charge on any atom is 0.338 e. The second-order valence-corrected chi connectivity index (χ2v) is 12.4. The standard InChI is InChI=1S/C34H35N5O8S/c1-3-46-34(43)26-11-13-27(14-12-26)37-33(42)32(41)35-21-28-15-16-29(47-28)22-36-38-31(40)23-39(20-19-25-7-5-4-6-8-25)48(44,45)30-17-9-24(2)10-18-30/h4-18,22H,3,19-21,23H2,1-2H3,(H,35,41)(H,37,42)(H,38,40)/b36-22-. The van der Waals surface area contributed by atoms with E-state index in [9.17, 15) is 27.6 Å². The molecule has 14 heteroatoms. The SMILES string of the molecule is CCOC(=O)c1ccc(NC(=O)C(=O)NCc2ccc(/C=N\NC(=O)CN(CCc3ccccc3)S(=O)(=O)c3ccc(C)cc3)o2)cc1. The molecular formula is C34H35N5O8S. The number of ether oxygens (including phenoxy) is 1. The van der Waals surface area contributed by atoms with Crippen LogP contribution in [0, 0.1) is 6.92 Å². The summed E-state index contributed by atoms with van der Waals surface area (Å²) in [7, 11) is -3.98. The van der Waals surface area contributed by atoms with E-state index in [1.165, 1.54) is 48.7 Å². The van der Waals surface area contributed by atoms with Crippen molar-refractivity contribution < 1.29 is 36.7 Å². The van der Waals surface area contributed by atoms with Crippen molar-refractivity contribution in [2.24, 2.45) is 5.10 Å². The van der Waals surface area contributed by atoms with Gasteiger partial charge in [-0.2, -0.15) is 9.41 Å². The average Bonchev–Trinajstić information content (AvgIpc) is 3.54. The number of rotatable bonds is 14. The van der Waals surface area contributed by atoms with Gasteiger partial charge in [-0.05, 0) is 74.4 Å². The second-order valence-electron chi connectivity index (χ2n) is 10.4. The maximum atomic E-state index is 13.4. The third-order valence-corrected chi connectivity index (χ3v) is 8.68. The Bertz CT molecular complexity index is 1860. The Morgan fingerprint density at radius 3 is 2.29 bits per heavy atom. The van der Waals surface area contributed by atoms with Crippen LogP contribution in [0.25, 0.3) is 0 Å². The van der Waals surface area contributed by atoms with Crippen molar-refractivity contribution >= 4 is 45.6 Å². The summed E-state index contributed by atoms with van der Waals surface area (Å²) in [5.74, 6) is -2.45. The van der Waals surface area contributed by atoms with Gasteiger partial charge in [0.25, 0.3) is 5.91 Å². The molecule has 0 saturated heterocycles. The fourth-order valence-corrected chi connectivity index (χ4v) is 5.70. The van der Waals surface area contributed by atoms with Gasteiger partial charge in [-0.1, -0.05) is 48.0 Å². The van der Waals surface area contributed by atoms with Crippen LogP contribution in [-0.4, -0.2) is 62.3 Å². The molecule has 13 nitrogen and oxygen atoms in total. The van der Waals surface area contributed by atoms with E-state index in [-0.39, 0.29) is 30.4 Å². The van der Waals surface area contributed by atoms with Crippen LogP contribution in [0.2, 0.25) is 0 Å². The van der Waals surface area contributed by atoms with Crippen molar-refractivity contribution in [3.63, 3.8) is 0 Å². The number of aryl methyl sites for hydroxylation is 1. The summed E-state index contributed by atoms with van der Waals surface area (Å²) < 4.78 is 38.4. The molecule has 0 spiro atoms. The van der Waals surface area contributed by atoms with Gasteiger partial charge >= 0.3 is 17.8 Å². The summed E-state index contributed by atoms with van der Waals surface area (Å²) in [4.78, 5) is 49.1. The van der Waals surface area contributed by atoms with Gasteiger partial charge < -0.3 is 19.8 Å². The zero-order chi connectivity index (χ0) is 34.5. The Balaban J connectivity index is 1.28. The van der Waals surface area contributed by atoms with E-state index >= 15 is 0 Å². The molecule has 4 aromatic rings. The number of esters is 1. The molecule has 1 heterocycles. The summed E-state index contributed by atoms with van der Waals surface area (Å²) in [6.07, 6.45) is 1.62. The van der Waals surface area contributed by atoms with E-state index in [0.717, 1.165) is 15.4 Å². The minimum Gasteiger partial charge on any atom is -0.462 e. The molecule has 250 valence electrons. The highest BCUT2D eigenvalue weighted by atomic mass is 32.2. The fraction of sp³-hybridized carbons (Fsp3) is 0.206. The molecule has 0 unspecified atom stereocenters. The van der Waals surface area contributed by atoms with Crippen molar-refractivity contribution in [2.75, 3.05) is 25.0 Å². The van der Waals surface area contributed by atoms with Gasteiger partial charge in [0.15, 0.2) is 0 Å². The minimum absolute atomic E-state index is 0.0738. The normalized spacial score (nSPS) is 11.3. The average molecular weight is 674 g/mol. The quantitative estimate of drug-likeness (QED) is 0.0790.